The molecule has 10 heavy (non-hydrogen) atoms. The largest absolute Gasteiger partial charge is 0.354 e. The summed E-state index contributed by atoms with van der Waals surface area (Å²) >= 11 is 0. The number of likely N-dealkylation sites (N-methyl/N-ethyl adjacent to an activating group) is 1. The predicted octanol–water partition coefficient (Wildman–Crippen LogP) is 1.08. The lowest BCUT2D eigenvalue weighted by Crippen LogP contribution is -2.39. The predicted molar refractivity (Wildman–Crippen MR) is 42.9 cm³/mol. The number of nitrogens with zero attached hydrogens (tertiary/aromatic N) is 2. The Morgan fingerprint density at radius 3 is 2.30 bits per heavy atom. The van der Waals surface area contributed by atoms with E-state index in [1.165, 1.54) is 0 Å². The van der Waals surface area contributed by atoms with Gasteiger partial charge in [-0.25, -0.2) is 0 Å². The first-order valence-corrected chi connectivity index (χ1v) is 3.00. The molecule has 0 amide bonds. The third-order valence-electron chi connectivity index (χ3n) is 1.65. The van der Waals surface area contributed by atoms with Gasteiger partial charge in [-0.05, 0) is 13.0 Å². The van der Waals surface area contributed by atoms with Crippen molar-refractivity contribution in [1.29, 1.82) is 0 Å². The molecule has 0 aliphatic rings. The van der Waals surface area contributed by atoms with Gasteiger partial charge in [-0.1, -0.05) is 6.58 Å². The maximum atomic E-state index is 5.11. The van der Waals surface area contributed by atoms with Gasteiger partial charge in [0.25, 0.3) is 0 Å². The summed E-state index contributed by atoms with van der Waals surface area (Å²) in [5.41, 5.74) is -0.540. The maximum Gasteiger partial charge on any atom is 0.171 e. The summed E-state index contributed by atoms with van der Waals surface area (Å²) in [5.74, 6) is 0. The minimum absolute atomic E-state index is 0.540. The number of hydrazone groups is 1. The van der Waals surface area contributed by atoms with E-state index in [-0.39, 0.29) is 0 Å². The van der Waals surface area contributed by atoms with Gasteiger partial charge in [-0.2, -0.15) is 5.10 Å². The van der Waals surface area contributed by atoms with Crippen molar-refractivity contribution in [1.82, 2.24) is 5.01 Å². The molecule has 3 heteroatoms. The van der Waals surface area contributed by atoms with E-state index >= 15 is 0 Å². The first kappa shape index (κ1) is 9.17. The fourth-order valence-electron chi connectivity index (χ4n) is 0.488. The topological polar surface area (TPSA) is 24.8 Å². The molecule has 0 saturated heterocycles. The van der Waals surface area contributed by atoms with E-state index in [0.717, 1.165) is 0 Å². The molecular weight excluding hydrogens is 128 g/mol. The zero-order valence-electron chi connectivity index (χ0n) is 6.79. The average molecular weight is 142 g/mol. The Labute approximate surface area is 62.0 Å². The van der Waals surface area contributed by atoms with Crippen LogP contribution in [0, 0.1) is 0 Å². The van der Waals surface area contributed by atoms with E-state index in [1.54, 1.807) is 25.2 Å². The van der Waals surface area contributed by atoms with Crippen LogP contribution in [0.3, 0.4) is 0 Å². The normalized spacial score (nSPS) is 15.5. The van der Waals surface area contributed by atoms with Crippen LogP contribution in [0.4, 0.5) is 0 Å². The van der Waals surface area contributed by atoms with E-state index in [9.17, 15) is 0 Å². The zero-order chi connectivity index (χ0) is 8.20. The van der Waals surface area contributed by atoms with Crippen LogP contribution in [-0.2, 0) is 4.74 Å². The highest BCUT2D eigenvalue weighted by Gasteiger charge is 2.22. The van der Waals surface area contributed by atoms with Crippen molar-refractivity contribution >= 4 is 6.72 Å². The van der Waals surface area contributed by atoms with Gasteiger partial charge in [0.2, 0.25) is 0 Å². The Morgan fingerprint density at radius 2 is 2.20 bits per heavy atom. The van der Waals surface area contributed by atoms with Gasteiger partial charge < -0.3 is 4.74 Å². The van der Waals surface area contributed by atoms with Gasteiger partial charge in [0.15, 0.2) is 5.72 Å². The summed E-state index contributed by atoms with van der Waals surface area (Å²) in [6, 6.07) is 0. The van der Waals surface area contributed by atoms with Crippen molar-refractivity contribution in [3.8, 4) is 0 Å². The molecule has 0 N–H and O–H groups in total. The van der Waals surface area contributed by atoms with Gasteiger partial charge in [0.05, 0.1) is 0 Å². The van der Waals surface area contributed by atoms with Gasteiger partial charge >= 0.3 is 0 Å². The second-order valence-corrected chi connectivity index (χ2v) is 2.13. The van der Waals surface area contributed by atoms with Crippen molar-refractivity contribution in [2.24, 2.45) is 5.10 Å². The molecule has 0 spiro atoms. The Balaban J connectivity index is 4.30. The van der Waals surface area contributed by atoms with Crippen molar-refractivity contribution in [2.45, 2.75) is 12.6 Å². The number of rotatable bonds is 4. The highest BCUT2D eigenvalue weighted by atomic mass is 16.5. The second kappa shape index (κ2) is 3.37. The highest BCUT2D eigenvalue weighted by Crippen LogP contribution is 2.14. The molecule has 3 nitrogen and oxygen atoms in total. The minimum atomic E-state index is -0.540. The van der Waals surface area contributed by atoms with Crippen LogP contribution in [0.2, 0.25) is 0 Å². The quantitative estimate of drug-likeness (QED) is 0.254. The van der Waals surface area contributed by atoms with Crippen LogP contribution in [0.15, 0.2) is 17.8 Å². The average Bonchev–Trinajstić information content (AvgIpc) is 2.01. The van der Waals surface area contributed by atoms with E-state index in [0.29, 0.717) is 0 Å². The second-order valence-electron chi connectivity index (χ2n) is 2.13. The molecule has 0 heterocycles. The number of ether oxygens (including phenoxy) is 1. The molecule has 0 aliphatic heterocycles. The third-order valence-corrected chi connectivity index (χ3v) is 1.65. The van der Waals surface area contributed by atoms with Gasteiger partial charge in [-0.15, -0.1) is 0 Å². The first-order chi connectivity index (χ1) is 4.60. The molecule has 0 aromatic heterocycles. The fourth-order valence-corrected chi connectivity index (χ4v) is 0.488. The lowest BCUT2D eigenvalue weighted by Gasteiger charge is -2.31. The van der Waals surface area contributed by atoms with E-state index in [4.69, 9.17) is 4.74 Å². The Hall–Kier alpha value is -0.830. The van der Waals surface area contributed by atoms with Crippen LogP contribution in [-0.4, -0.2) is 31.6 Å². The summed E-state index contributed by atoms with van der Waals surface area (Å²) in [5, 5.41) is 5.29. The van der Waals surface area contributed by atoms with Crippen LogP contribution in [0.1, 0.15) is 6.92 Å². The smallest absolute Gasteiger partial charge is 0.171 e. The molecule has 58 valence electrons. The standard InChI is InChI=1S/C7H14N2O/c1-6-7(2,10-5)9(4)8-3/h6H,1,3H2,2,4-5H3. The molecule has 0 aromatic carbocycles. The summed E-state index contributed by atoms with van der Waals surface area (Å²) in [4.78, 5) is 0. The van der Waals surface area contributed by atoms with Crippen LogP contribution >= 0.6 is 0 Å². The number of methoxy groups -OCH3 is 1. The Morgan fingerprint density at radius 1 is 1.70 bits per heavy atom. The van der Waals surface area contributed by atoms with E-state index < -0.39 is 5.72 Å². The van der Waals surface area contributed by atoms with Gasteiger partial charge in [0, 0.05) is 20.9 Å². The number of hydrogen-bond donors (Lipinski definition) is 0. The Kier molecular flexibility index (Phi) is 3.09. The maximum absolute atomic E-state index is 5.11. The van der Waals surface area contributed by atoms with E-state index in [1.807, 2.05) is 6.92 Å². The lowest BCUT2D eigenvalue weighted by molar-refractivity contribution is -0.0703. The Bertz CT molecular complexity index is 136. The van der Waals surface area contributed by atoms with Crippen molar-refractivity contribution in [2.75, 3.05) is 14.2 Å². The third kappa shape index (κ3) is 1.57. The monoisotopic (exact) mass is 142 g/mol. The van der Waals surface area contributed by atoms with Gasteiger partial charge in [-0.3, -0.25) is 5.01 Å². The number of hydrogen-bond acceptors (Lipinski definition) is 3. The van der Waals surface area contributed by atoms with Crippen molar-refractivity contribution in [3.63, 3.8) is 0 Å². The molecular formula is C7H14N2O. The highest BCUT2D eigenvalue weighted by molar-refractivity contribution is 5.22. The van der Waals surface area contributed by atoms with Crippen molar-refractivity contribution < 1.29 is 4.74 Å². The van der Waals surface area contributed by atoms with Crippen molar-refractivity contribution in [3.05, 3.63) is 12.7 Å². The zero-order valence-corrected chi connectivity index (χ0v) is 6.79. The fraction of sp³-hybridized carbons (Fsp3) is 0.571. The van der Waals surface area contributed by atoms with Gasteiger partial charge in [0.1, 0.15) is 0 Å². The summed E-state index contributed by atoms with van der Waals surface area (Å²) in [6.07, 6.45) is 1.67. The van der Waals surface area contributed by atoms with E-state index in [2.05, 4.69) is 18.4 Å². The molecule has 0 saturated carbocycles. The van der Waals surface area contributed by atoms with Crippen LogP contribution in [0.5, 0.6) is 0 Å². The SMILES string of the molecule is C=CC(C)(OC)N(C)N=C. The molecule has 1 atom stereocenters. The molecule has 0 bridgehead atoms. The molecule has 0 rings (SSSR count). The molecule has 1 unspecified atom stereocenters. The summed E-state index contributed by atoms with van der Waals surface area (Å²) in [7, 11) is 3.38. The molecule has 0 aliphatic carbocycles. The summed E-state index contributed by atoms with van der Waals surface area (Å²) in [6.45, 7) is 8.84. The minimum Gasteiger partial charge on any atom is -0.354 e. The molecule has 0 radical (unpaired) electrons. The summed E-state index contributed by atoms with van der Waals surface area (Å²) < 4.78 is 5.11. The molecule has 0 aromatic rings. The first-order valence-electron chi connectivity index (χ1n) is 3.00. The van der Waals surface area contributed by atoms with Crippen LogP contribution in [0.25, 0.3) is 0 Å². The van der Waals surface area contributed by atoms with Crippen LogP contribution < -0.4 is 0 Å². The lowest BCUT2D eigenvalue weighted by atomic mass is 10.2. The molecule has 0 fully saturated rings.